The number of carbonyl (C=O) groups excluding carboxylic acids is 1. The molecule has 0 aliphatic heterocycles. The number of hydrogen-bond donors (Lipinski definition) is 1. The average molecular weight is 421 g/mol. The number of hydrogen-bond acceptors (Lipinski definition) is 5. The van der Waals surface area contributed by atoms with E-state index in [9.17, 15) is 13.2 Å². The van der Waals surface area contributed by atoms with Crippen molar-refractivity contribution >= 4 is 21.6 Å². The highest BCUT2D eigenvalue weighted by atomic mass is 32.2. The number of ether oxygens (including phenoxy) is 2. The summed E-state index contributed by atoms with van der Waals surface area (Å²) in [4.78, 5) is 12.2. The predicted molar refractivity (Wildman–Crippen MR) is 113 cm³/mol. The number of carbonyl (C=O) groups is 1. The van der Waals surface area contributed by atoms with Gasteiger partial charge in [0.15, 0.2) is 11.5 Å². The van der Waals surface area contributed by atoms with E-state index in [4.69, 9.17) is 9.47 Å². The van der Waals surface area contributed by atoms with Crippen molar-refractivity contribution in [1.29, 1.82) is 0 Å². The minimum Gasteiger partial charge on any atom is -0.493 e. The molecular weight excluding hydrogens is 392 g/mol. The van der Waals surface area contributed by atoms with Gasteiger partial charge in [0.2, 0.25) is 0 Å². The van der Waals surface area contributed by atoms with E-state index in [1.807, 2.05) is 0 Å². The van der Waals surface area contributed by atoms with Crippen LogP contribution >= 0.6 is 0 Å². The minimum atomic E-state index is -3.81. The summed E-state index contributed by atoms with van der Waals surface area (Å²) >= 11 is 0. The Morgan fingerprint density at radius 3 is 2.24 bits per heavy atom. The Morgan fingerprint density at radius 1 is 1.00 bits per heavy atom. The molecule has 7 nitrogen and oxygen atoms in total. The van der Waals surface area contributed by atoms with E-state index in [1.165, 1.54) is 33.4 Å². The molecule has 0 aliphatic rings. The first-order chi connectivity index (χ1) is 13.8. The molecule has 0 bridgehead atoms. The number of amides is 1. The lowest BCUT2D eigenvalue weighted by Crippen LogP contribution is -2.27. The summed E-state index contributed by atoms with van der Waals surface area (Å²) in [6.45, 7) is 2.73. The van der Waals surface area contributed by atoms with Gasteiger partial charge in [0.25, 0.3) is 15.9 Å². The fourth-order valence-corrected chi connectivity index (χ4v) is 3.99. The number of unbranched alkanes of at least 4 members (excludes halogenated alkanes) is 2. The molecule has 2 rings (SSSR count). The van der Waals surface area contributed by atoms with Crippen LogP contribution in [0.2, 0.25) is 0 Å². The number of anilines is 1. The van der Waals surface area contributed by atoms with Gasteiger partial charge in [-0.25, -0.2) is 8.42 Å². The molecule has 2 aromatic rings. The number of rotatable bonds is 10. The molecule has 0 atom stereocenters. The summed E-state index contributed by atoms with van der Waals surface area (Å²) in [7, 11) is 0.592. The Balaban J connectivity index is 2.16. The monoisotopic (exact) mass is 420 g/mol. The van der Waals surface area contributed by atoms with Gasteiger partial charge in [0, 0.05) is 25.2 Å². The molecule has 0 fully saturated rings. The van der Waals surface area contributed by atoms with Crippen molar-refractivity contribution < 1.29 is 22.7 Å². The number of sulfonamides is 1. The lowest BCUT2D eigenvalue weighted by Gasteiger charge is -2.20. The zero-order chi connectivity index (χ0) is 21.4. The van der Waals surface area contributed by atoms with Crippen LogP contribution in [0.25, 0.3) is 0 Å². The number of methoxy groups -OCH3 is 2. The molecule has 0 aromatic heterocycles. The van der Waals surface area contributed by atoms with Gasteiger partial charge in [0.05, 0.1) is 24.8 Å². The summed E-state index contributed by atoms with van der Waals surface area (Å²) in [5.74, 6) is 0.610. The number of nitrogens with zero attached hydrogens (tertiary/aromatic N) is 1. The van der Waals surface area contributed by atoms with E-state index in [1.54, 1.807) is 30.3 Å². The van der Waals surface area contributed by atoms with Crippen molar-refractivity contribution in [3.63, 3.8) is 0 Å². The summed E-state index contributed by atoms with van der Waals surface area (Å²) < 4.78 is 37.5. The molecule has 0 spiro atoms. The van der Waals surface area contributed by atoms with Crippen LogP contribution in [0, 0.1) is 0 Å². The second kappa shape index (κ2) is 10.2. The third kappa shape index (κ3) is 5.41. The van der Waals surface area contributed by atoms with Crippen LogP contribution in [-0.4, -0.2) is 42.1 Å². The molecule has 0 saturated carbocycles. The van der Waals surface area contributed by atoms with Crippen molar-refractivity contribution in [1.82, 2.24) is 5.32 Å². The van der Waals surface area contributed by atoms with Gasteiger partial charge in [-0.1, -0.05) is 19.8 Å². The van der Waals surface area contributed by atoms with Crippen molar-refractivity contribution in [2.45, 2.75) is 31.1 Å². The molecule has 158 valence electrons. The second-order valence-electron chi connectivity index (χ2n) is 6.50. The lowest BCUT2D eigenvalue weighted by molar-refractivity contribution is 0.0953. The second-order valence-corrected chi connectivity index (χ2v) is 8.47. The van der Waals surface area contributed by atoms with E-state index in [2.05, 4.69) is 12.2 Å². The Bertz CT molecular complexity index is 927. The smallest absolute Gasteiger partial charge is 0.264 e. The standard InChI is InChI=1S/C21H28N2O5S/c1-5-6-7-14-22-21(24)16-8-10-17(11-9-16)23(2)29(25,26)18-12-13-19(27-3)20(15-18)28-4/h8-13,15H,5-7,14H2,1-4H3,(H,22,24). The molecule has 1 amide bonds. The molecule has 0 saturated heterocycles. The van der Waals surface area contributed by atoms with E-state index in [0.29, 0.717) is 29.3 Å². The largest absolute Gasteiger partial charge is 0.493 e. The summed E-state index contributed by atoms with van der Waals surface area (Å²) in [6, 6.07) is 10.9. The minimum absolute atomic E-state index is 0.0791. The zero-order valence-electron chi connectivity index (χ0n) is 17.3. The van der Waals surface area contributed by atoms with E-state index in [-0.39, 0.29) is 10.8 Å². The van der Waals surface area contributed by atoms with Crippen molar-refractivity contribution in [3.8, 4) is 11.5 Å². The number of benzene rings is 2. The highest BCUT2D eigenvalue weighted by Crippen LogP contribution is 2.31. The quantitative estimate of drug-likeness (QED) is 0.595. The molecule has 0 radical (unpaired) electrons. The van der Waals surface area contributed by atoms with Gasteiger partial charge >= 0.3 is 0 Å². The molecule has 0 heterocycles. The van der Waals surface area contributed by atoms with Gasteiger partial charge in [-0.15, -0.1) is 0 Å². The molecule has 2 aromatic carbocycles. The van der Waals surface area contributed by atoms with Gasteiger partial charge in [0.1, 0.15) is 0 Å². The molecule has 0 aliphatic carbocycles. The SMILES string of the molecule is CCCCCNC(=O)c1ccc(N(C)S(=O)(=O)c2ccc(OC)c(OC)c2)cc1. The van der Waals surface area contributed by atoms with E-state index in [0.717, 1.165) is 23.6 Å². The van der Waals surface area contributed by atoms with Crippen LogP contribution in [0.5, 0.6) is 11.5 Å². The zero-order valence-corrected chi connectivity index (χ0v) is 18.1. The Labute approximate surface area is 172 Å². The van der Waals surface area contributed by atoms with Crippen LogP contribution in [-0.2, 0) is 10.0 Å². The molecule has 8 heteroatoms. The maximum Gasteiger partial charge on any atom is 0.264 e. The molecule has 0 unspecified atom stereocenters. The Kier molecular flexibility index (Phi) is 7.90. The van der Waals surface area contributed by atoms with Crippen molar-refractivity contribution in [3.05, 3.63) is 48.0 Å². The fourth-order valence-electron chi connectivity index (χ4n) is 2.78. The average Bonchev–Trinajstić information content (AvgIpc) is 2.75. The van der Waals surface area contributed by atoms with Crippen molar-refractivity contribution in [2.75, 3.05) is 32.1 Å². The van der Waals surface area contributed by atoms with Gasteiger partial charge in [-0.05, 0) is 42.8 Å². The maximum absolute atomic E-state index is 13.0. The van der Waals surface area contributed by atoms with Crippen LogP contribution in [0.15, 0.2) is 47.4 Å². The Morgan fingerprint density at radius 2 is 1.66 bits per heavy atom. The summed E-state index contributed by atoms with van der Waals surface area (Å²) in [6.07, 6.45) is 3.09. The van der Waals surface area contributed by atoms with Crippen LogP contribution in [0.3, 0.4) is 0 Å². The Hall–Kier alpha value is -2.74. The van der Waals surface area contributed by atoms with Crippen LogP contribution in [0.1, 0.15) is 36.5 Å². The van der Waals surface area contributed by atoms with E-state index >= 15 is 0 Å². The number of nitrogens with one attached hydrogen (secondary N) is 1. The highest BCUT2D eigenvalue weighted by molar-refractivity contribution is 7.92. The normalized spacial score (nSPS) is 11.0. The van der Waals surface area contributed by atoms with Gasteiger partial charge in [-0.3, -0.25) is 9.10 Å². The first-order valence-electron chi connectivity index (χ1n) is 9.44. The van der Waals surface area contributed by atoms with Crippen LogP contribution < -0.4 is 19.1 Å². The topological polar surface area (TPSA) is 84.9 Å². The molecular formula is C21H28N2O5S. The lowest BCUT2D eigenvalue weighted by atomic mass is 10.2. The molecule has 1 N–H and O–H groups in total. The van der Waals surface area contributed by atoms with Gasteiger partial charge < -0.3 is 14.8 Å². The highest BCUT2D eigenvalue weighted by Gasteiger charge is 2.23. The third-order valence-corrected chi connectivity index (χ3v) is 6.35. The summed E-state index contributed by atoms with van der Waals surface area (Å²) in [5, 5.41) is 2.87. The fraction of sp³-hybridized carbons (Fsp3) is 0.381. The maximum atomic E-state index is 13.0. The first-order valence-corrected chi connectivity index (χ1v) is 10.9. The predicted octanol–water partition coefficient (Wildman–Crippen LogP) is 3.45. The molecule has 29 heavy (non-hydrogen) atoms. The first kappa shape index (κ1) is 22.5. The summed E-state index contributed by atoms with van der Waals surface area (Å²) in [5.41, 5.74) is 0.935. The third-order valence-electron chi connectivity index (χ3n) is 4.57. The van der Waals surface area contributed by atoms with Gasteiger partial charge in [-0.2, -0.15) is 0 Å². The van der Waals surface area contributed by atoms with E-state index < -0.39 is 10.0 Å². The van der Waals surface area contributed by atoms with Crippen molar-refractivity contribution in [2.24, 2.45) is 0 Å². The van der Waals surface area contributed by atoms with Crippen LogP contribution in [0.4, 0.5) is 5.69 Å².